The summed E-state index contributed by atoms with van der Waals surface area (Å²) in [4.78, 5) is 12.2. The number of nitrogens with zero attached hydrogens (tertiary/aromatic N) is 1. The van der Waals surface area contributed by atoms with E-state index in [0.29, 0.717) is 17.0 Å². The molecule has 0 fully saturated rings. The molecule has 1 heterocycles. The predicted octanol–water partition coefficient (Wildman–Crippen LogP) is 3.14. The quantitative estimate of drug-likeness (QED) is 0.813. The number of hydrogen-bond donors (Lipinski definition) is 0. The van der Waals surface area contributed by atoms with Gasteiger partial charge in [0.15, 0.2) is 5.78 Å². The van der Waals surface area contributed by atoms with Gasteiger partial charge in [0.1, 0.15) is 16.4 Å². The van der Waals surface area contributed by atoms with Crippen LogP contribution in [0.5, 0.6) is 11.5 Å². The number of halogens is 1. The number of ketones is 1. The Morgan fingerprint density at radius 3 is 2.52 bits per heavy atom. The first-order chi connectivity index (χ1) is 11.9. The van der Waals surface area contributed by atoms with Crippen LogP contribution in [-0.4, -0.2) is 35.0 Å². The highest BCUT2D eigenvalue weighted by atomic mass is 35.5. The first-order valence-electron chi connectivity index (χ1n) is 7.46. The summed E-state index contributed by atoms with van der Waals surface area (Å²) in [5.74, 6) is 0.557. The van der Waals surface area contributed by atoms with E-state index < -0.39 is 10.0 Å². The number of rotatable bonds is 4. The largest absolute Gasteiger partial charge is 0.497 e. The molecule has 8 heteroatoms. The normalized spacial score (nSPS) is 14.2. The smallest absolute Gasteiger partial charge is 0.268 e. The minimum Gasteiger partial charge on any atom is -0.497 e. The van der Waals surface area contributed by atoms with Gasteiger partial charge in [-0.15, -0.1) is 0 Å². The summed E-state index contributed by atoms with van der Waals surface area (Å²) in [6.45, 7) is 0.0517. The molecule has 0 saturated heterocycles. The molecule has 0 saturated carbocycles. The molecule has 0 unspecified atom stereocenters. The molecule has 2 aromatic rings. The van der Waals surface area contributed by atoms with Crippen molar-refractivity contribution in [2.45, 2.75) is 11.3 Å². The molecule has 3 rings (SSSR count). The topological polar surface area (TPSA) is 72.9 Å². The van der Waals surface area contributed by atoms with E-state index in [0.717, 1.165) is 0 Å². The highest BCUT2D eigenvalue weighted by Crippen LogP contribution is 2.37. The minimum atomic E-state index is -3.95. The SMILES string of the molecule is COc1ccc2c(c1)C(=O)CCN2S(=O)(=O)c1cc(Cl)ccc1OC. The van der Waals surface area contributed by atoms with Crippen molar-refractivity contribution in [2.24, 2.45) is 0 Å². The number of carbonyl (C=O) groups excluding carboxylic acids is 1. The van der Waals surface area contributed by atoms with Crippen LogP contribution in [-0.2, 0) is 10.0 Å². The third-order valence-electron chi connectivity index (χ3n) is 4.01. The van der Waals surface area contributed by atoms with Crippen molar-refractivity contribution in [1.82, 2.24) is 0 Å². The van der Waals surface area contributed by atoms with E-state index in [4.69, 9.17) is 21.1 Å². The van der Waals surface area contributed by atoms with E-state index in [1.54, 1.807) is 24.3 Å². The van der Waals surface area contributed by atoms with Gasteiger partial charge in [-0.25, -0.2) is 8.42 Å². The molecule has 0 amide bonds. The average molecular weight is 382 g/mol. The number of Topliss-reactive ketones (excluding diaryl/α,β-unsaturated/α-hetero) is 1. The Bertz CT molecular complexity index is 942. The van der Waals surface area contributed by atoms with Gasteiger partial charge in [0.25, 0.3) is 10.0 Å². The Labute approximate surface area is 151 Å². The standard InChI is InChI=1S/C17H16ClNO5S/c1-23-12-4-5-14-13(10-12)15(20)7-8-19(14)25(21,22)17-9-11(18)3-6-16(17)24-2/h3-6,9-10H,7-8H2,1-2H3. The van der Waals surface area contributed by atoms with Gasteiger partial charge in [-0.2, -0.15) is 0 Å². The number of benzene rings is 2. The van der Waals surface area contributed by atoms with Crippen molar-refractivity contribution < 1.29 is 22.7 Å². The number of carbonyl (C=O) groups is 1. The zero-order valence-corrected chi connectivity index (χ0v) is 15.2. The monoisotopic (exact) mass is 381 g/mol. The van der Waals surface area contributed by atoms with Crippen molar-refractivity contribution in [3.05, 3.63) is 47.0 Å². The summed E-state index contributed by atoms with van der Waals surface area (Å²) in [6, 6.07) is 9.13. The fraction of sp³-hybridized carbons (Fsp3) is 0.235. The van der Waals surface area contributed by atoms with Gasteiger partial charge in [-0.3, -0.25) is 9.10 Å². The van der Waals surface area contributed by atoms with E-state index in [1.807, 2.05) is 0 Å². The van der Waals surface area contributed by atoms with Crippen LogP contribution in [0, 0.1) is 0 Å². The van der Waals surface area contributed by atoms with E-state index in [9.17, 15) is 13.2 Å². The van der Waals surface area contributed by atoms with Gasteiger partial charge < -0.3 is 9.47 Å². The maximum atomic E-state index is 13.2. The molecule has 0 radical (unpaired) electrons. The van der Waals surface area contributed by atoms with Gasteiger partial charge in [0, 0.05) is 23.6 Å². The number of sulfonamides is 1. The average Bonchev–Trinajstić information content (AvgIpc) is 2.61. The van der Waals surface area contributed by atoms with Gasteiger partial charge in [-0.05, 0) is 36.4 Å². The highest BCUT2D eigenvalue weighted by molar-refractivity contribution is 7.93. The Morgan fingerprint density at radius 2 is 1.84 bits per heavy atom. The van der Waals surface area contributed by atoms with Gasteiger partial charge in [-0.1, -0.05) is 11.6 Å². The number of hydrogen-bond acceptors (Lipinski definition) is 5. The second-order valence-electron chi connectivity index (χ2n) is 5.43. The predicted molar refractivity (Wildman–Crippen MR) is 94.5 cm³/mol. The third kappa shape index (κ3) is 3.05. The van der Waals surface area contributed by atoms with Crippen LogP contribution in [0.4, 0.5) is 5.69 Å². The Morgan fingerprint density at radius 1 is 1.08 bits per heavy atom. The minimum absolute atomic E-state index is 0.0429. The molecule has 0 atom stereocenters. The maximum Gasteiger partial charge on any atom is 0.268 e. The molecule has 1 aliphatic rings. The lowest BCUT2D eigenvalue weighted by atomic mass is 10.0. The maximum absolute atomic E-state index is 13.2. The molecule has 0 N–H and O–H groups in total. The van der Waals surface area contributed by atoms with Crippen LogP contribution in [0.2, 0.25) is 5.02 Å². The number of ether oxygens (including phenoxy) is 2. The van der Waals surface area contributed by atoms with Crippen molar-refractivity contribution in [1.29, 1.82) is 0 Å². The Hall–Kier alpha value is -2.25. The van der Waals surface area contributed by atoms with E-state index in [1.165, 1.54) is 30.7 Å². The lowest BCUT2D eigenvalue weighted by Gasteiger charge is -2.30. The molecular formula is C17H16ClNO5S. The lowest BCUT2D eigenvalue weighted by Crippen LogP contribution is -2.37. The third-order valence-corrected chi connectivity index (χ3v) is 6.08. The zero-order chi connectivity index (χ0) is 18.2. The molecule has 25 heavy (non-hydrogen) atoms. The zero-order valence-electron chi connectivity index (χ0n) is 13.7. The van der Waals surface area contributed by atoms with Crippen LogP contribution in [0.1, 0.15) is 16.8 Å². The van der Waals surface area contributed by atoms with Gasteiger partial charge >= 0.3 is 0 Å². The van der Waals surface area contributed by atoms with E-state index >= 15 is 0 Å². The van der Waals surface area contributed by atoms with Crippen LogP contribution < -0.4 is 13.8 Å². The summed E-state index contributed by atoms with van der Waals surface area (Å²) in [7, 11) is -1.08. The number of fused-ring (bicyclic) bond motifs is 1. The molecule has 132 valence electrons. The molecule has 6 nitrogen and oxygen atoms in total. The summed E-state index contributed by atoms with van der Waals surface area (Å²) in [5, 5.41) is 0.280. The van der Waals surface area contributed by atoms with Crippen molar-refractivity contribution in [3.63, 3.8) is 0 Å². The van der Waals surface area contributed by atoms with Gasteiger partial charge in [0.05, 0.1) is 19.9 Å². The second kappa shape index (κ2) is 6.57. The summed E-state index contributed by atoms with van der Waals surface area (Å²) >= 11 is 5.97. The summed E-state index contributed by atoms with van der Waals surface area (Å²) in [5.41, 5.74) is 0.634. The molecule has 0 spiro atoms. The molecule has 0 aliphatic carbocycles. The van der Waals surface area contributed by atoms with Crippen molar-refractivity contribution in [3.8, 4) is 11.5 Å². The van der Waals surface area contributed by atoms with Crippen LogP contribution in [0.25, 0.3) is 0 Å². The molecule has 0 aromatic heterocycles. The van der Waals surface area contributed by atoms with Crippen molar-refractivity contribution >= 4 is 33.1 Å². The molecule has 1 aliphatic heterocycles. The molecular weight excluding hydrogens is 366 g/mol. The van der Waals surface area contributed by atoms with Gasteiger partial charge in [0.2, 0.25) is 0 Å². The van der Waals surface area contributed by atoms with Crippen molar-refractivity contribution in [2.75, 3.05) is 25.1 Å². The molecule has 2 aromatic carbocycles. The van der Waals surface area contributed by atoms with Crippen LogP contribution in [0.15, 0.2) is 41.3 Å². The van der Waals surface area contributed by atoms with Crippen LogP contribution in [0.3, 0.4) is 0 Å². The fourth-order valence-electron chi connectivity index (χ4n) is 2.76. The second-order valence-corrected chi connectivity index (χ2v) is 7.70. The summed E-state index contributed by atoms with van der Waals surface area (Å²) < 4.78 is 37.9. The lowest BCUT2D eigenvalue weighted by molar-refractivity contribution is 0.0981. The Balaban J connectivity index is 2.16. The number of anilines is 1. The molecule has 0 bridgehead atoms. The highest BCUT2D eigenvalue weighted by Gasteiger charge is 2.34. The Kier molecular flexibility index (Phi) is 4.62. The fourth-order valence-corrected chi connectivity index (χ4v) is 4.67. The number of methoxy groups -OCH3 is 2. The van der Waals surface area contributed by atoms with E-state index in [2.05, 4.69) is 0 Å². The first kappa shape index (κ1) is 17.6. The first-order valence-corrected chi connectivity index (χ1v) is 9.28. The van der Waals surface area contributed by atoms with Crippen LogP contribution >= 0.6 is 11.6 Å². The van der Waals surface area contributed by atoms with E-state index in [-0.39, 0.29) is 34.4 Å². The summed E-state index contributed by atoms with van der Waals surface area (Å²) in [6.07, 6.45) is 0.0856.